The van der Waals surface area contributed by atoms with Crippen molar-refractivity contribution in [1.29, 1.82) is 0 Å². The fourth-order valence-corrected chi connectivity index (χ4v) is 4.07. The van der Waals surface area contributed by atoms with Gasteiger partial charge in [0.1, 0.15) is 18.1 Å². The normalized spacial score (nSPS) is 14.2. The number of aliphatic carboxylic acids is 1. The van der Waals surface area contributed by atoms with Crippen molar-refractivity contribution in [3.05, 3.63) is 36.0 Å². The van der Waals surface area contributed by atoms with Crippen LogP contribution >= 0.6 is 12.6 Å². The third kappa shape index (κ3) is 9.04. The third-order valence-corrected chi connectivity index (χ3v) is 6.23. The van der Waals surface area contributed by atoms with E-state index >= 15 is 0 Å². The van der Waals surface area contributed by atoms with Gasteiger partial charge in [-0.25, -0.2) is 4.79 Å². The van der Waals surface area contributed by atoms with Gasteiger partial charge in [0.15, 0.2) is 0 Å². The summed E-state index contributed by atoms with van der Waals surface area (Å²) in [6.07, 6.45) is 2.50. The van der Waals surface area contributed by atoms with E-state index in [9.17, 15) is 29.1 Å². The smallest absolute Gasteiger partial charge is 0.326 e. The molecular weight excluding hydrogens is 514 g/mol. The quantitative estimate of drug-likeness (QED) is 0.0881. The Morgan fingerprint density at radius 1 is 0.947 bits per heavy atom. The number of benzene rings is 1. The second-order valence-electron chi connectivity index (χ2n) is 8.83. The number of thiol groups is 1. The monoisotopic (exact) mass is 549 g/mol. The molecule has 0 spiro atoms. The summed E-state index contributed by atoms with van der Waals surface area (Å²) in [6.45, 7) is 0.364. The van der Waals surface area contributed by atoms with Crippen molar-refractivity contribution in [3.63, 3.8) is 0 Å². The first-order chi connectivity index (χ1) is 18.1. The van der Waals surface area contributed by atoms with Gasteiger partial charge in [-0.2, -0.15) is 12.6 Å². The molecule has 13 nitrogen and oxygen atoms in total. The van der Waals surface area contributed by atoms with Gasteiger partial charge >= 0.3 is 5.97 Å². The van der Waals surface area contributed by atoms with Gasteiger partial charge in [-0.1, -0.05) is 18.2 Å². The Morgan fingerprint density at radius 3 is 2.21 bits per heavy atom. The van der Waals surface area contributed by atoms with Gasteiger partial charge in [0.05, 0.1) is 12.5 Å². The molecule has 208 valence electrons. The fraction of sp³-hybridized carbons (Fsp3) is 0.458. The van der Waals surface area contributed by atoms with Crippen LogP contribution in [-0.2, 0) is 30.4 Å². The molecule has 14 heteroatoms. The average molecular weight is 550 g/mol. The Bertz CT molecular complexity index is 1140. The summed E-state index contributed by atoms with van der Waals surface area (Å²) in [5, 5.41) is 17.5. The summed E-state index contributed by atoms with van der Waals surface area (Å²) in [6, 6.07) is 2.64. The molecule has 1 aromatic carbocycles. The first-order valence-corrected chi connectivity index (χ1v) is 12.7. The molecule has 2 aromatic rings. The minimum absolute atomic E-state index is 0.110. The summed E-state index contributed by atoms with van der Waals surface area (Å²) in [5.74, 6) is -4.65. The summed E-state index contributed by atoms with van der Waals surface area (Å²) >= 11 is 4.11. The Balaban J connectivity index is 2.03. The van der Waals surface area contributed by atoms with Crippen LogP contribution in [0.5, 0.6) is 0 Å². The maximum Gasteiger partial charge on any atom is 0.326 e. The summed E-state index contributed by atoms with van der Waals surface area (Å²) in [4.78, 5) is 64.5. The molecule has 0 aliphatic carbocycles. The van der Waals surface area contributed by atoms with Crippen molar-refractivity contribution in [2.75, 3.05) is 12.3 Å². The number of fused-ring (bicyclic) bond motifs is 1. The predicted molar refractivity (Wildman–Crippen MR) is 144 cm³/mol. The molecule has 0 fully saturated rings. The molecule has 1 heterocycles. The number of carboxylic acids is 1. The lowest BCUT2D eigenvalue weighted by Gasteiger charge is -2.24. The van der Waals surface area contributed by atoms with Crippen LogP contribution in [0.2, 0.25) is 0 Å². The van der Waals surface area contributed by atoms with Crippen molar-refractivity contribution in [2.24, 2.45) is 17.2 Å². The zero-order chi connectivity index (χ0) is 28.2. The van der Waals surface area contributed by atoms with E-state index in [4.69, 9.17) is 17.2 Å². The molecule has 11 N–H and O–H groups in total. The number of nitrogens with one attached hydrogen (secondary N) is 4. The second kappa shape index (κ2) is 15.0. The number of nitrogens with two attached hydrogens (primary N) is 3. The summed E-state index contributed by atoms with van der Waals surface area (Å²) in [5.41, 5.74) is 18.4. The Hall–Kier alpha value is -3.62. The van der Waals surface area contributed by atoms with Crippen LogP contribution in [-0.4, -0.2) is 76.2 Å². The molecule has 0 saturated heterocycles. The number of carboxylic acid groups (broad SMARTS) is 1. The van der Waals surface area contributed by atoms with E-state index in [0.717, 1.165) is 16.5 Å². The van der Waals surface area contributed by atoms with E-state index < -0.39 is 60.2 Å². The molecule has 4 unspecified atom stereocenters. The molecule has 0 aliphatic rings. The lowest BCUT2D eigenvalue weighted by molar-refractivity contribution is -0.142. The van der Waals surface area contributed by atoms with Crippen molar-refractivity contribution in [2.45, 2.75) is 56.3 Å². The Kier molecular flexibility index (Phi) is 12.0. The van der Waals surface area contributed by atoms with Crippen LogP contribution < -0.4 is 33.2 Å². The third-order valence-electron chi connectivity index (χ3n) is 5.87. The van der Waals surface area contributed by atoms with E-state index in [1.807, 2.05) is 24.3 Å². The number of hydrogen-bond acceptors (Lipinski definition) is 8. The SMILES string of the molecule is NCCCCC(NC(=O)C(CC(N)=O)NC(=O)C(CS)NC(=O)C(N)Cc1c[nH]c2ccccc12)C(=O)O. The predicted octanol–water partition coefficient (Wildman–Crippen LogP) is -1.49. The van der Waals surface area contributed by atoms with Crippen molar-refractivity contribution < 1.29 is 29.1 Å². The molecular formula is C24H35N7O6S. The maximum absolute atomic E-state index is 12.9. The van der Waals surface area contributed by atoms with Crippen molar-refractivity contribution >= 4 is 53.1 Å². The largest absolute Gasteiger partial charge is 0.480 e. The molecule has 1 aromatic heterocycles. The highest BCUT2D eigenvalue weighted by Crippen LogP contribution is 2.18. The zero-order valence-corrected chi connectivity index (χ0v) is 21.7. The number of amides is 4. The van der Waals surface area contributed by atoms with Crippen LogP contribution in [0.3, 0.4) is 0 Å². The number of para-hydroxylation sites is 1. The van der Waals surface area contributed by atoms with E-state index in [0.29, 0.717) is 19.4 Å². The van der Waals surface area contributed by atoms with Crippen LogP contribution in [0.4, 0.5) is 0 Å². The highest BCUT2D eigenvalue weighted by Gasteiger charge is 2.31. The number of rotatable bonds is 16. The fourth-order valence-electron chi connectivity index (χ4n) is 3.81. The van der Waals surface area contributed by atoms with Gasteiger partial charge in [-0.3, -0.25) is 19.2 Å². The summed E-state index contributed by atoms with van der Waals surface area (Å²) in [7, 11) is 0. The molecule has 0 radical (unpaired) electrons. The standard InChI is InChI=1S/C24H35N7O6S/c25-8-4-3-7-17(24(36)37)29-22(34)18(10-20(27)32)30-23(35)19(12-38)31-21(33)15(26)9-13-11-28-16-6-2-1-5-14(13)16/h1-2,5-6,11,15,17-19,28,38H,3-4,7-10,12,25-26H2,(H2,27,32)(H,29,34)(H,30,35)(H,31,33)(H,36,37). The molecule has 4 atom stereocenters. The molecule has 2 rings (SSSR count). The second-order valence-corrected chi connectivity index (χ2v) is 9.19. The number of hydrogen-bond donors (Lipinski definition) is 9. The van der Waals surface area contributed by atoms with Gasteiger partial charge in [-0.05, 0) is 43.9 Å². The van der Waals surface area contributed by atoms with Crippen LogP contribution in [0.1, 0.15) is 31.2 Å². The molecule has 38 heavy (non-hydrogen) atoms. The topological polar surface area (TPSA) is 236 Å². The van der Waals surface area contributed by atoms with Gasteiger partial charge in [0, 0.05) is 22.9 Å². The number of aromatic nitrogens is 1. The van der Waals surface area contributed by atoms with E-state index in [1.54, 1.807) is 6.20 Å². The van der Waals surface area contributed by atoms with Crippen LogP contribution in [0.15, 0.2) is 30.5 Å². The number of aromatic amines is 1. The Morgan fingerprint density at radius 2 is 1.58 bits per heavy atom. The van der Waals surface area contributed by atoms with Gasteiger partial charge in [0.25, 0.3) is 0 Å². The molecule has 0 aliphatic heterocycles. The molecule has 0 saturated carbocycles. The number of primary amides is 1. The number of H-pyrrole nitrogens is 1. The van der Waals surface area contributed by atoms with Crippen LogP contribution in [0.25, 0.3) is 10.9 Å². The lowest BCUT2D eigenvalue weighted by atomic mass is 10.0. The minimum Gasteiger partial charge on any atom is -0.480 e. The number of unbranched alkanes of at least 4 members (excludes halogenated alkanes) is 1. The van der Waals surface area contributed by atoms with E-state index in [-0.39, 0.29) is 18.6 Å². The van der Waals surface area contributed by atoms with Gasteiger partial charge in [0.2, 0.25) is 23.6 Å². The zero-order valence-electron chi connectivity index (χ0n) is 20.8. The molecule has 0 bridgehead atoms. The van der Waals surface area contributed by atoms with Crippen molar-refractivity contribution in [3.8, 4) is 0 Å². The maximum atomic E-state index is 12.9. The Labute approximate surface area is 225 Å². The van der Waals surface area contributed by atoms with Crippen molar-refractivity contribution in [1.82, 2.24) is 20.9 Å². The van der Waals surface area contributed by atoms with Gasteiger partial charge in [-0.15, -0.1) is 0 Å². The summed E-state index contributed by atoms with van der Waals surface area (Å²) < 4.78 is 0. The number of carbonyl (C=O) groups is 5. The first kappa shape index (κ1) is 30.6. The minimum atomic E-state index is -1.46. The lowest BCUT2D eigenvalue weighted by Crippen LogP contribution is -2.58. The van der Waals surface area contributed by atoms with Crippen LogP contribution in [0, 0.1) is 0 Å². The van der Waals surface area contributed by atoms with E-state index in [2.05, 4.69) is 33.6 Å². The first-order valence-electron chi connectivity index (χ1n) is 12.1. The highest BCUT2D eigenvalue weighted by atomic mass is 32.1. The average Bonchev–Trinajstić information content (AvgIpc) is 3.28. The molecule has 4 amide bonds. The van der Waals surface area contributed by atoms with E-state index in [1.165, 1.54) is 0 Å². The highest BCUT2D eigenvalue weighted by molar-refractivity contribution is 7.80. The van der Waals surface area contributed by atoms with Gasteiger partial charge < -0.3 is 43.2 Å². The number of carbonyl (C=O) groups excluding carboxylic acids is 4.